The number of amides is 1. The Bertz CT molecular complexity index is 985. The van der Waals surface area contributed by atoms with E-state index in [2.05, 4.69) is 10.4 Å². The normalized spacial score (nSPS) is 13.4. The summed E-state index contributed by atoms with van der Waals surface area (Å²) in [6, 6.07) is 7.42. The van der Waals surface area contributed by atoms with Crippen molar-refractivity contribution in [3.63, 3.8) is 0 Å². The van der Waals surface area contributed by atoms with E-state index >= 15 is 0 Å². The first-order valence-corrected chi connectivity index (χ1v) is 9.23. The van der Waals surface area contributed by atoms with Crippen LogP contribution in [0.25, 0.3) is 0 Å². The van der Waals surface area contributed by atoms with Crippen LogP contribution in [0.2, 0.25) is 0 Å². The first-order valence-electron chi connectivity index (χ1n) is 9.23. The van der Waals surface area contributed by atoms with E-state index in [-0.39, 0.29) is 12.5 Å². The molecule has 0 spiro atoms. The number of fused-ring (bicyclic) bond motifs is 1. The number of carbonyl (C=O) groups is 1. The molecule has 28 heavy (non-hydrogen) atoms. The standard InChI is InChI=1S/C19H25N5O4/c1-5-28-14-8-6-13(7-9-14)22-10-11-23-16(26)17(27)24(21-18(22)23)12-15(25)20-19(2,3)4/h6-9H,5,10-12H2,1-4H3,(H,20,25). The molecule has 1 amide bonds. The van der Waals surface area contributed by atoms with Crippen molar-refractivity contribution in [3.8, 4) is 5.75 Å². The second kappa shape index (κ2) is 7.49. The van der Waals surface area contributed by atoms with Gasteiger partial charge < -0.3 is 15.0 Å². The Morgan fingerprint density at radius 3 is 2.43 bits per heavy atom. The number of nitrogens with zero attached hydrogens (tertiary/aromatic N) is 4. The summed E-state index contributed by atoms with van der Waals surface area (Å²) < 4.78 is 7.73. The summed E-state index contributed by atoms with van der Waals surface area (Å²) in [5, 5.41) is 7.07. The van der Waals surface area contributed by atoms with Gasteiger partial charge in [-0.1, -0.05) is 0 Å². The zero-order valence-corrected chi connectivity index (χ0v) is 16.6. The predicted octanol–water partition coefficient (Wildman–Crippen LogP) is 0.870. The molecule has 1 aromatic heterocycles. The van der Waals surface area contributed by atoms with Crippen LogP contribution in [-0.4, -0.2) is 38.9 Å². The van der Waals surface area contributed by atoms with Crippen LogP contribution in [0.1, 0.15) is 27.7 Å². The van der Waals surface area contributed by atoms with Crippen molar-refractivity contribution in [2.75, 3.05) is 18.1 Å². The Hall–Kier alpha value is -3.10. The monoisotopic (exact) mass is 387 g/mol. The summed E-state index contributed by atoms with van der Waals surface area (Å²) in [6.45, 7) is 8.57. The molecule has 1 aromatic carbocycles. The lowest BCUT2D eigenvalue weighted by atomic mass is 10.1. The van der Waals surface area contributed by atoms with E-state index in [4.69, 9.17) is 4.74 Å². The Morgan fingerprint density at radius 1 is 1.14 bits per heavy atom. The highest BCUT2D eigenvalue weighted by molar-refractivity contribution is 5.76. The molecule has 3 rings (SSSR count). The molecule has 2 heterocycles. The second-order valence-corrected chi connectivity index (χ2v) is 7.60. The Morgan fingerprint density at radius 2 is 1.82 bits per heavy atom. The molecule has 0 atom stereocenters. The Kier molecular flexibility index (Phi) is 5.26. The maximum Gasteiger partial charge on any atom is 0.333 e. The first kappa shape index (κ1) is 19.7. The summed E-state index contributed by atoms with van der Waals surface area (Å²) in [4.78, 5) is 38.9. The third-order valence-electron chi connectivity index (χ3n) is 4.17. The van der Waals surface area contributed by atoms with E-state index in [1.165, 1.54) is 4.57 Å². The minimum Gasteiger partial charge on any atom is -0.494 e. The molecule has 0 radical (unpaired) electrons. The molecule has 0 saturated heterocycles. The molecular weight excluding hydrogens is 362 g/mol. The maximum atomic E-state index is 12.5. The van der Waals surface area contributed by atoms with Gasteiger partial charge in [-0.05, 0) is 52.0 Å². The van der Waals surface area contributed by atoms with Gasteiger partial charge in [0.15, 0.2) is 0 Å². The lowest BCUT2D eigenvalue weighted by molar-refractivity contribution is -0.123. The Balaban J connectivity index is 1.93. The highest BCUT2D eigenvalue weighted by atomic mass is 16.5. The van der Waals surface area contributed by atoms with Crippen LogP contribution >= 0.6 is 0 Å². The average Bonchev–Trinajstić information content (AvgIpc) is 3.02. The minimum atomic E-state index is -0.804. The highest BCUT2D eigenvalue weighted by Gasteiger charge is 2.26. The van der Waals surface area contributed by atoms with Gasteiger partial charge in [0.2, 0.25) is 11.9 Å². The number of benzene rings is 1. The number of aromatic nitrogens is 3. The molecule has 0 saturated carbocycles. The molecule has 1 aliphatic rings. The van der Waals surface area contributed by atoms with Crippen molar-refractivity contribution in [2.24, 2.45) is 0 Å². The predicted molar refractivity (Wildman–Crippen MR) is 105 cm³/mol. The number of rotatable bonds is 5. The minimum absolute atomic E-state index is 0.309. The molecule has 1 aliphatic heterocycles. The van der Waals surface area contributed by atoms with Gasteiger partial charge in [0.1, 0.15) is 12.3 Å². The van der Waals surface area contributed by atoms with Crippen molar-refractivity contribution in [1.29, 1.82) is 0 Å². The van der Waals surface area contributed by atoms with E-state index < -0.39 is 16.7 Å². The van der Waals surface area contributed by atoms with Crippen molar-refractivity contribution >= 4 is 17.5 Å². The van der Waals surface area contributed by atoms with E-state index in [0.717, 1.165) is 16.1 Å². The van der Waals surface area contributed by atoms with Gasteiger partial charge in [-0.2, -0.15) is 0 Å². The summed E-state index contributed by atoms with van der Waals surface area (Å²) in [5.74, 6) is 0.717. The first-order chi connectivity index (χ1) is 13.2. The third-order valence-corrected chi connectivity index (χ3v) is 4.17. The topological polar surface area (TPSA) is 98.5 Å². The van der Waals surface area contributed by atoms with Gasteiger partial charge >= 0.3 is 11.1 Å². The fourth-order valence-electron chi connectivity index (χ4n) is 3.06. The van der Waals surface area contributed by atoms with Crippen LogP contribution in [0.4, 0.5) is 11.6 Å². The van der Waals surface area contributed by atoms with Crippen LogP contribution in [-0.2, 0) is 17.9 Å². The molecule has 0 fully saturated rings. The van der Waals surface area contributed by atoms with Gasteiger partial charge in [-0.15, -0.1) is 5.10 Å². The van der Waals surface area contributed by atoms with Crippen LogP contribution in [0.15, 0.2) is 33.9 Å². The summed E-state index contributed by atoms with van der Waals surface area (Å²) in [7, 11) is 0. The second-order valence-electron chi connectivity index (χ2n) is 7.60. The summed E-state index contributed by atoms with van der Waals surface area (Å²) in [6.07, 6.45) is 0. The van der Waals surface area contributed by atoms with Crippen LogP contribution in [0.3, 0.4) is 0 Å². The van der Waals surface area contributed by atoms with Crippen LogP contribution in [0.5, 0.6) is 5.75 Å². The van der Waals surface area contributed by atoms with E-state index in [9.17, 15) is 14.4 Å². The van der Waals surface area contributed by atoms with Gasteiger partial charge in [-0.3, -0.25) is 19.0 Å². The quantitative estimate of drug-likeness (QED) is 0.765. The third kappa shape index (κ3) is 4.08. The largest absolute Gasteiger partial charge is 0.494 e. The summed E-state index contributed by atoms with van der Waals surface area (Å²) in [5.41, 5.74) is -1.10. The number of hydrogen-bond acceptors (Lipinski definition) is 6. The molecular formula is C19H25N5O4. The maximum absolute atomic E-state index is 12.5. The van der Waals surface area contributed by atoms with Gasteiger partial charge in [0, 0.05) is 24.3 Å². The molecule has 1 N–H and O–H groups in total. The lowest BCUT2D eigenvalue weighted by Crippen LogP contribution is -2.47. The van der Waals surface area contributed by atoms with Gasteiger partial charge in [-0.25, -0.2) is 4.68 Å². The Labute approximate surface area is 162 Å². The number of carbonyl (C=O) groups excluding carboxylic acids is 1. The van der Waals surface area contributed by atoms with E-state index in [1.807, 2.05) is 56.9 Å². The highest BCUT2D eigenvalue weighted by Crippen LogP contribution is 2.28. The number of nitrogens with one attached hydrogen (secondary N) is 1. The van der Waals surface area contributed by atoms with Crippen molar-refractivity contribution < 1.29 is 9.53 Å². The zero-order valence-electron chi connectivity index (χ0n) is 16.6. The smallest absolute Gasteiger partial charge is 0.333 e. The average molecular weight is 387 g/mol. The fourth-order valence-corrected chi connectivity index (χ4v) is 3.06. The lowest BCUT2D eigenvalue weighted by Gasteiger charge is -2.21. The van der Waals surface area contributed by atoms with E-state index in [1.54, 1.807) is 0 Å². The van der Waals surface area contributed by atoms with Crippen molar-refractivity contribution in [2.45, 2.75) is 46.3 Å². The van der Waals surface area contributed by atoms with E-state index in [0.29, 0.717) is 25.6 Å². The molecule has 0 unspecified atom stereocenters. The number of anilines is 2. The number of ether oxygens (including phenoxy) is 1. The van der Waals surface area contributed by atoms with Gasteiger partial charge in [0.25, 0.3) is 0 Å². The van der Waals surface area contributed by atoms with Crippen molar-refractivity contribution in [3.05, 3.63) is 45.0 Å². The van der Waals surface area contributed by atoms with Gasteiger partial charge in [0.05, 0.1) is 6.61 Å². The summed E-state index contributed by atoms with van der Waals surface area (Å²) >= 11 is 0. The molecule has 0 bridgehead atoms. The SMILES string of the molecule is CCOc1ccc(N2CCn3c2nn(CC(=O)NC(C)(C)C)c(=O)c3=O)cc1. The molecule has 2 aromatic rings. The van der Waals surface area contributed by atoms with Crippen LogP contribution in [0, 0.1) is 0 Å². The molecule has 0 aliphatic carbocycles. The molecule has 9 heteroatoms. The molecule has 9 nitrogen and oxygen atoms in total. The number of hydrogen-bond donors (Lipinski definition) is 1. The zero-order chi connectivity index (χ0) is 20.5. The van der Waals surface area contributed by atoms with Crippen LogP contribution < -0.4 is 26.1 Å². The fraction of sp³-hybridized carbons (Fsp3) is 0.474. The van der Waals surface area contributed by atoms with Crippen molar-refractivity contribution in [1.82, 2.24) is 19.7 Å². The molecule has 150 valence electrons.